The predicted octanol–water partition coefficient (Wildman–Crippen LogP) is 2.39. The van der Waals surface area contributed by atoms with Crippen molar-refractivity contribution in [3.05, 3.63) is 28.8 Å². The molecule has 0 spiro atoms. The molecule has 3 nitrogen and oxygen atoms in total. The van der Waals surface area contributed by atoms with Crippen LogP contribution in [-0.2, 0) is 0 Å². The maximum Gasteiger partial charge on any atom is 0.0992 e. The second kappa shape index (κ2) is 4.73. The Morgan fingerprint density at radius 2 is 2.31 bits per heavy atom. The van der Waals surface area contributed by atoms with Crippen LogP contribution in [0.5, 0.6) is 0 Å². The Balaban J connectivity index is 1.96. The molecule has 2 N–H and O–H groups in total. The van der Waals surface area contributed by atoms with E-state index in [0.29, 0.717) is 23.0 Å². The lowest BCUT2D eigenvalue weighted by Crippen LogP contribution is -2.21. The van der Waals surface area contributed by atoms with Gasteiger partial charge in [0.05, 0.1) is 28.4 Å². The van der Waals surface area contributed by atoms with Crippen LogP contribution in [0.25, 0.3) is 0 Å². The van der Waals surface area contributed by atoms with Gasteiger partial charge in [-0.25, -0.2) is 0 Å². The second-order valence-corrected chi connectivity index (χ2v) is 4.50. The Kier molecular flexibility index (Phi) is 3.33. The fourth-order valence-electron chi connectivity index (χ4n) is 1.59. The van der Waals surface area contributed by atoms with Gasteiger partial charge in [0.2, 0.25) is 0 Å². The highest BCUT2D eigenvalue weighted by Crippen LogP contribution is 2.33. The third kappa shape index (κ3) is 2.66. The van der Waals surface area contributed by atoms with Crippen LogP contribution in [0.1, 0.15) is 18.4 Å². The molecular weight excluding hydrogens is 224 g/mol. The van der Waals surface area contributed by atoms with Crippen molar-refractivity contribution in [2.24, 2.45) is 5.92 Å². The van der Waals surface area contributed by atoms with Crippen LogP contribution in [0.2, 0.25) is 5.02 Å². The molecule has 0 saturated heterocycles. The van der Waals surface area contributed by atoms with Gasteiger partial charge in [0.15, 0.2) is 0 Å². The Bertz CT molecular complexity index is 424. The van der Waals surface area contributed by atoms with Crippen LogP contribution in [0.3, 0.4) is 0 Å². The van der Waals surface area contributed by atoms with Crippen molar-refractivity contribution in [2.75, 3.05) is 11.9 Å². The first-order valence-corrected chi connectivity index (χ1v) is 5.70. The van der Waals surface area contributed by atoms with Gasteiger partial charge in [0.25, 0.3) is 0 Å². The largest absolute Gasteiger partial charge is 0.391 e. The van der Waals surface area contributed by atoms with E-state index in [2.05, 4.69) is 5.32 Å². The molecule has 0 radical (unpaired) electrons. The van der Waals surface area contributed by atoms with Gasteiger partial charge in [-0.2, -0.15) is 5.26 Å². The summed E-state index contributed by atoms with van der Waals surface area (Å²) in [6.07, 6.45) is 1.93. The number of aliphatic hydroxyl groups excluding tert-OH is 1. The van der Waals surface area contributed by atoms with Crippen LogP contribution in [0, 0.1) is 17.2 Å². The van der Waals surface area contributed by atoms with Crippen molar-refractivity contribution >= 4 is 17.3 Å². The number of nitrogens with one attached hydrogen (secondary N) is 1. The second-order valence-electron chi connectivity index (χ2n) is 4.09. The average Bonchev–Trinajstić information content (AvgIpc) is 3.10. The van der Waals surface area contributed by atoms with Crippen LogP contribution >= 0.6 is 11.6 Å². The summed E-state index contributed by atoms with van der Waals surface area (Å²) in [6, 6.07) is 7.12. The smallest absolute Gasteiger partial charge is 0.0992 e. The molecular formula is C12H13ClN2O. The standard InChI is InChI=1S/C12H13ClN2O/c13-10-5-8(6-14)1-4-11(10)15-7-12(16)9-2-3-9/h1,4-5,9,12,15-16H,2-3,7H2. The van der Waals surface area contributed by atoms with Gasteiger partial charge in [0, 0.05) is 6.54 Å². The zero-order valence-corrected chi connectivity index (χ0v) is 9.54. The molecule has 84 valence electrons. The Morgan fingerprint density at radius 1 is 1.56 bits per heavy atom. The van der Waals surface area contributed by atoms with E-state index < -0.39 is 0 Å². The Hall–Kier alpha value is -1.24. The Labute approximate surface area is 99.7 Å². The highest BCUT2D eigenvalue weighted by atomic mass is 35.5. The molecule has 0 aliphatic heterocycles. The molecule has 1 fully saturated rings. The van der Waals surface area contributed by atoms with Crippen LogP contribution < -0.4 is 5.32 Å². The molecule has 0 aromatic heterocycles. The van der Waals surface area contributed by atoms with E-state index in [1.54, 1.807) is 18.2 Å². The lowest BCUT2D eigenvalue weighted by Gasteiger charge is -2.12. The van der Waals surface area contributed by atoms with Crippen molar-refractivity contribution in [1.82, 2.24) is 0 Å². The fourth-order valence-corrected chi connectivity index (χ4v) is 1.84. The van der Waals surface area contributed by atoms with Gasteiger partial charge >= 0.3 is 0 Å². The lowest BCUT2D eigenvalue weighted by atomic mass is 10.2. The molecule has 16 heavy (non-hydrogen) atoms. The number of hydrogen-bond donors (Lipinski definition) is 2. The summed E-state index contributed by atoms with van der Waals surface area (Å²) in [6.45, 7) is 0.510. The van der Waals surface area contributed by atoms with Crippen molar-refractivity contribution in [1.29, 1.82) is 5.26 Å². The number of nitriles is 1. The molecule has 2 rings (SSSR count). The quantitative estimate of drug-likeness (QED) is 0.844. The SMILES string of the molecule is N#Cc1ccc(NCC(O)C2CC2)c(Cl)c1. The number of benzene rings is 1. The summed E-state index contributed by atoms with van der Waals surface area (Å²) >= 11 is 5.99. The summed E-state index contributed by atoms with van der Waals surface area (Å²) < 4.78 is 0. The number of nitrogens with zero attached hydrogens (tertiary/aromatic N) is 1. The van der Waals surface area contributed by atoms with Crippen molar-refractivity contribution in [3.63, 3.8) is 0 Å². The monoisotopic (exact) mass is 236 g/mol. The third-order valence-corrected chi connectivity index (χ3v) is 3.08. The van der Waals surface area contributed by atoms with Gasteiger partial charge in [-0.15, -0.1) is 0 Å². The average molecular weight is 237 g/mol. The molecule has 0 amide bonds. The fraction of sp³-hybridized carbons (Fsp3) is 0.417. The molecule has 1 atom stereocenters. The maximum absolute atomic E-state index is 9.68. The topological polar surface area (TPSA) is 56.0 Å². The number of aliphatic hydroxyl groups is 1. The van der Waals surface area contributed by atoms with Crippen LogP contribution in [-0.4, -0.2) is 17.8 Å². The Morgan fingerprint density at radius 3 is 2.88 bits per heavy atom. The molecule has 1 unspecified atom stereocenters. The van der Waals surface area contributed by atoms with Crippen LogP contribution in [0.4, 0.5) is 5.69 Å². The van der Waals surface area contributed by atoms with E-state index in [1.165, 1.54) is 0 Å². The minimum Gasteiger partial charge on any atom is -0.391 e. The highest BCUT2D eigenvalue weighted by molar-refractivity contribution is 6.33. The number of rotatable bonds is 4. The number of halogens is 1. The number of hydrogen-bond acceptors (Lipinski definition) is 3. The molecule has 0 heterocycles. The molecule has 1 aromatic carbocycles. The van der Waals surface area contributed by atoms with E-state index in [9.17, 15) is 5.11 Å². The zero-order valence-electron chi connectivity index (χ0n) is 8.78. The molecule has 1 saturated carbocycles. The predicted molar refractivity (Wildman–Crippen MR) is 63.4 cm³/mol. The first-order chi connectivity index (χ1) is 7.70. The summed E-state index contributed by atoms with van der Waals surface area (Å²) in [7, 11) is 0. The van der Waals surface area contributed by atoms with E-state index in [1.807, 2.05) is 6.07 Å². The minimum atomic E-state index is -0.299. The zero-order chi connectivity index (χ0) is 11.5. The first kappa shape index (κ1) is 11.3. The van der Waals surface area contributed by atoms with Crippen LogP contribution in [0.15, 0.2) is 18.2 Å². The first-order valence-electron chi connectivity index (χ1n) is 5.32. The van der Waals surface area contributed by atoms with Gasteiger partial charge < -0.3 is 10.4 Å². The van der Waals surface area contributed by atoms with Crippen molar-refractivity contribution in [3.8, 4) is 6.07 Å². The molecule has 1 aliphatic carbocycles. The maximum atomic E-state index is 9.68. The number of anilines is 1. The van der Waals surface area contributed by atoms with Gasteiger partial charge in [-0.05, 0) is 37.0 Å². The van der Waals surface area contributed by atoms with Gasteiger partial charge in [0.1, 0.15) is 0 Å². The van der Waals surface area contributed by atoms with Crippen molar-refractivity contribution in [2.45, 2.75) is 18.9 Å². The van der Waals surface area contributed by atoms with E-state index in [4.69, 9.17) is 16.9 Å². The highest BCUT2D eigenvalue weighted by Gasteiger charge is 2.29. The molecule has 4 heteroatoms. The third-order valence-electron chi connectivity index (χ3n) is 2.77. The molecule has 0 bridgehead atoms. The minimum absolute atomic E-state index is 0.299. The van der Waals surface area contributed by atoms with E-state index >= 15 is 0 Å². The van der Waals surface area contributed by atoms with E-state index in [-0.39, 0.29) is 6.10 Å². The van der Waals surface area contributed by atoms with E-state index in [0.717, 1.165) is 18.5 Å². The summed E-state index contributed by atoms with van der Waals surface area (Å²) in [5.74, 6) is 0.449. The normalized spacial score (nSPS) is 16.6. The van der Waals surface area contributed by atoms with Gasteiger partial charge in [-0.1, -0.05) is 11.6 Å². The molecule has 1 aliphatic rings. The summed E-state index contributed by atoms with van der Waals surface area (Å²) in [5, 5.41) is 22.0. The summed E-state index contributed by atoms with van der Waals surface area (Å²) in [4.78, 5) is 0. The lowest BCUT2D eigenvalue weighted by molar-refractivity contribution is 0.164. The molecule has 1 aromatic rings. The summed E-state index contributed by atoms with van der Waals surface area (Å²) in [5.41, 5.74) is 1.30. The van der Waals surface area contributed by atoms with Crippen molar-refractivity contribution < 1.29 is 5.11 Å². The van der Waals surface area contributed by atoms with Gasteiger partial charge in [-0.3, -0.25) is 0 Å².